The van der Waals surface area contributed by atoms with Crippen LogP contribution in [0.5, 0.6) is 0 Å². The van der Waals surface area contributed by atoms with Crippen LogP contribution < -0.4 is 0 Å². The van der Waals surface area contributed by atoms with E-state index in [4.69, 9.17) is 11.6 Å². The highest BCUT2D eigenvalue weighted by molar-refractivity contribution is 6.31. The SMILES string of the molecule is CC(C)(C)Cc1ncc(C=O)c(Cl)n1. The molecule has 3 nitrogen and oxygen atoms in total. The van der Waals surface area contributed by atoms with Gasteiger partial charge in [-0.2, -0.15) is 0 Å². The number of aldehydes is 1. The van der Waals surface area contributed by atoms with E-state index < -0.39 is 0 Å². The van der Waals surface area contributed by atoms with E-state index in [9.17, 15) is 4.79 Å². The molecule has 0 aliphatic carbocycles. The Morgan fingerprint density at radius 2 is 2.14 bits per heavy atom. The second-order valence-electron chi connectivity index (χ2n) is 4.39. The molecule has 0 radical (unpaired) electrons. The van der Waals surface area contributed by atoms with Crippen molar-refractivity contribution in [3.8, 4) is 0 Å². The molecule has 1 heterocycles. The minimum absolute atomic E-state index is 0.117. The fraction of sp³-hybridized carbons (Fsp3) is 0.500. The average molecular weight is 213 g/mol. The van der Waals surface area contributed by atoms with Gasteiger partial charge in [-0.25, -0.2) is 9.97 Å². The Morgan fingerprint density at radius 1 is 1.50 bits per heavy atom. The fourth-order valence-corrected chi connectivity index (χ4v) is 1.23. The van der Waals surface area contributed by atoms with Gasteiger partial charge in [0.05, 0.1) is 5.56 Å². The molecular formula is C10H13ClN2O. The number of rotatable bonds is 2. The molecule has 0 saturated heterocycles. The molecule has 0 bridgehead atoms. The Morgan fingerprint density at radius 3 is 2.57 bits per heavy atom. The summed E-state index contributed by atoms with van der Waals surface area (Å²) in [6, 6.07) is 0. The third kappa shape index (κ3) is 3.07. The van der Waals surface area contributed by atoms with Crippen molar-refractivity contribution in [3.63, 3.8) is 0 Å². The van der Waals surface area contributed by atoms with E-state index in [0.29, 0.717) is 17.7 Å². The molecule has 0 spiro atoms. The van der Waals surface area contributed by atoms with Crippen LogP contribution in [0.25, 0.3) is 0 Å². The maximum absolute atomic E-state index is 10.5. The van der Waals surface area contributed by atoms with Crippen LogP contribution in [0.1, 0.15) is 37.0 Å². The summed E-state index contributed by atoms with van der Waals surface area (Å²) < 4.78 is 0. The van der Waals surface area contributed by atoms with Crippen LogP contribution in [0.3, 0.4) is 0 Å². The lowest BCUT2D eigenvalue weighted by Gasteiger charge is -2.16. The minimum Gasteiger partial charge on any atom is -0.298 e. The van der Waals surface area contributed by atoms with Crippen molar-refractivity contribution < 1.29 is 4.79 Å². The maximum Gasteiger partial charge on any atom is 0.154 e. The van der Waals surface area contributed by atoms with Crippen molar-refractivity contribution in [2.75, 3.05) is 0 Å². The monoisotopic (exact) mass is 212 g/mol. The molecule has 0 unspecified atom stereocenters. The van der Waals surface area contributed by atoms with Crippen LogP contribution in [0, 0.1) is 5.41 Å². The third-order valence-electron chi connectivity index (χ3n) is 1.63. The summed E-state index contributed by atoms with van der Waals surface area (Å²) in [7, 11) is 0. The van der Waals surface area contributed by atoms with Crippen molar-refractivity contribution in [1.82, 2.24) is 9.97 Å². The average Bonchev–Trinajstić information content (AvgIpc) is 2.01. The predicted octanol–water partition coefficient (Wildman–Crippen LogP) is 2.53. The Labute approximate surface area is 88.5 Å². The Hall–Kier alpha value is -0.960. The molecule has 1 aromatic heterocycles. The Balaban J connectivity index is 2.92. The molecule has 0 saturated carbocycles. The molecule has 4 heteroatoms. The summed E-state index contributed by atoms with van der Waals surface area (Å²) >= 11 is 5.78. The van der Waals surface area contributed by atoms with Crippen LogP contribution in [0.4, 0.5) is 0 Å². The van der Waals surface area contributed by atoms with Gasteiger partial charge in [0.15, 0.2) is 6.29 Å². The van der Waals surface area contributed by atoms with E-state index in [0.717, 1.165) is 6.42 Å². The van der Waals surface area contributed by atoms with Crippen LogP contribution in [-0.2, 0) is 6.42 Å². The van der Waals surface area contributed by atoms with E-state index in [1.807, 2.05) is 0 Å². The normalized spacial score (nSPS) is 11.4. The summed E-state index contributed by atoms with van der Waals surface area (Å²) in [5.74, 6) is 0.674. The summed E-state index contributed by atoms with van der Waals surface area (Å²) in [4.78, 5) is 18.6. The quantitative estimate of drug-likeness (QED) is 0.559. The van der Waals surface area contributed by atoms with Crippen molar-refractivity contribution >= 4 is 17.9 Å². The number of nitrogens with zero attached hydrogens (tertiary/aromatic N) is 2. The zero-order chi connectivity index (χ0) is 10.8. The highest BCUT2D eigenvalue weighted by atomic mass is 35.5. The number of carbonyl (C=O) groups excluding carboxylic acids is 1. The number of carbonyl (C=O) groups is 1. The lowest BCUT2D eigenvalue weighted by atomic mass is 9.92. The molecule has 0 atom stereocenters. The van der Waals surface area contributed by atoms with Gasteiger partial charge in [0.25, 0.3) is 0 Å². The van der Waals surface area contributed by atoms with Gasteiger partial charge in [-0.3, -0.25) is 4.79 Å². The highest BCUT2D eigenvalue weighted by Crippen LogP contribution is 2.19. The van der Waals surface area contributed by atoms with Gasteiger partial charge in [-0.05, 0) is 5.41 Å². The number of halogens is 1. The van der Waals surface area contributed by atoms with Gasteiger partial charge in [-0.1, -0.05) is 32.4 Å². The lowest BCUT2D eigenvalue weighted by Crippen LogP contribution is -2.12. The molecule has 0 fully saturated rings. The maximum atomic E-state index is 10.5. The standard InChI is InChI=1S/C10H13ClN2O/c1-10(2,3)4-8-12-5-7(6-14)9(11)13-8/h5-6H,4H2,1-3H3. The zero-order valence-corrected chi connectivity index (χ0v) is 9.30. The molecule has 14 heavy (non-hydrogen) atoms. The third-order valence-corrected chi connectivity index (χ3v) is 1.94. The molecule has 0 aliphatic rings. The van der Waals surface area contributed by atoms with Gasteiger partial charge < -0.3 is 0 Å². The Bertz CT molecular complexity index is 344. The van der Waals surface area contributed by atoms with Gasteiger partial charge in [-0.15, -0.1) is 0 Å². The molecule has 0 aromatic carbocycles. The van der Waals surface area contributed by atoms with E-state index in [2.05, 4.69) is 30.7 Å². The van der Waals surface area contributed by atoms with Crippen molar-refractivity contribution in [2.45, 2.75) is 27.2 Å². The second-order valence-corrected chi connectivity index (χ2v) is 4.75. The number of aromatic nitrogens is 2. The van der Waals surface area contributed by atoms with E-state index in [1.165, 1.54) is 6.20 Å². The Kier molecular flexibility index (Phi) is 3.21. The summed E-state index contributed by atoms with van der Waals surface area (Å²) in [5.41, 5.74) is 0.454. The molecular weight excluding hydrogens is 200 g/mol. The lowest BCUT2D eigenvalue weighted by molar-refractivity contribution is 0.112. The molecule has 0 amide bonds. The number of hydrogen-bond donors (Lipinski definition) is 0. The first-order valence-electron chi connectivity index (χ1n) is 4.39. The smallest absolute Gasteiger partial charge is 0.154 e. The van der Waals surface area contributed by atoms with Crippen LogP contribution in [0.2, 0.25) is 5.15 Å². The van der Waals surface area contributed by atoms with Crippen LogP contribution >= 0.6 is 11.6 Å². The van der Waals surface area contributed by atoms with Gasteiger partial charge in [0.2, 0.25) is 0 Å². The largest absolute Gasteiger partial charge is 0.298 e. The molecule has 0 N–H and O–H groups in total. The molecule has 1 rings (SSSR count). The van der Waals surface area contributed by atoms with Crippen LogP contribution in [0.15, 0.2) is 6.20 Å². The first kappa shape index (κ1) is 11.1. The first-order chi connectivity index (χ1) is 6.42. The van der Waals surface area contributed by atoms with E-state index in [1.54, 1.807) is 0 Å². The number of hydrogen-bond acceptors (Lipinski definition) is 3. The van der Waals surface area contributed by atoms with E-state index in [-0.39, 0.29) is 10.6 Å². The fourth-order valence-electron chi connectivity index (χ4n) is 1.04. The van der Waals surface area contributed by atoms with Crippen LogP contribution in [-0.4, -0.2) is 16.3 Å². The molecule has 76 valence electrons. The van der Waals surface area contributed by atoms with Crippen molar-refractivity contribution in [3.05, 3.63) is 22.7 Å². The van der Waals surface area contributed by atoms with Gasteiger partial charge in [0, 0.05) is 12.6 Å². The molecule has 0 aliphatic heterocycles. The van der Waals surface area contributed by atoms with Gasteiger partial charge >= 0.3 is 0 Å². The van der Waals surface area contributed by atoms with Crippen molar-refractivity contribution in [2.24, 2.45) is 5.41 Å². The summed E-state index contributed by atoms with van der Waals surface area (Å²) in [6.07, 6.45) is 2.86. The minimum atomic E-state index is 0.117. The topological polar surface area (TPSA) is 42.9 Å². The summed E-state index contributed by atoms with van der Waals surface area (Å²) in [5, 5.41) is 0.231. The highest BCUT2D eigenvalue weighted by Gasteiger charge is 2.14. The van der Waals surface area contributed by atoms with Crippen molar-refractivity contribution in [1.29, 1.82) is 0 Å². The first-order valence-corrected chi connectivity index (χ1v) is 4.77. The summed E-state index contributed by atoms with van der Waals surface area (Å²) in [6.45, 7) is 6.29. The predicted molar refractivity (Wildman–Crippen MR) is 55.6 cm³/mol. The van der Waals surface area contributed by atoms with E-state index >= 15 is 0 Å². The second kappa shape index (κ2) is 4.05. The van der Waals surface area contributed by atoms with Gasteiger partial charge in [0.1, 0.15) is 11.0 Å². The molecule has 1 aromatic rings. The zero-order valence-electron chi connectivity index (χ0n) is 8.54.